The minimum absolute atomic E-state index is 0.0441. The van der Waals surface area contributed by atoms with Crippen LogP contribution in [0.25, 0.3) is 11.0 Å². The summed E-state index contributed by atoms with van der Waals surface area (Å²) in [7, 11) is 0. The number of rotatable bonds is 3. The molecule has 1 amide bonds. The smallest absolute Gasteiger partial charge is 0.416 e. The van der Waals surface area contributed by atoms with Gasteiger partial charge < -0.3 is 24.1 Å². The number of nitrogens with zero attached hydrogens (tertiary/aromatic N) is 1. The molecule has 27 heavy (non-hydrogen) atoms. The van der Waals surface area contributed by atoms with Gasteiger partial charge in [0.2, 0.25) is 5.76 Å². The van der Waals surface area contributed by atoms with Gasteiger partial charge in [-0.15, -0.1) is 0 Å². The van der Waals surface area contributed by atoms with E-state index in [1.165, 1.54) is 6.07 Å². The van der Waals surface area contributed by atoms with Crippen LogP contribution in [0.15, 0.2) is 22.6 Å². The Morgan fingerprint density at radius 1 is 1.26 bits per heavy atom. The molecule has 0 bridgehead atoms. The molecule has 146 valence electrons. The first-order chi connectivity index (χ1) is 12.9. The summed E-state index contributed by atoms with van der Waals surface area (Å²) in [6, 6.07) is 3.26. The van der Waals surface area contributed by atoms with Gasteiger partial charge in [0.1, 0.15) is 5.58 Å². The second kappa shape index (κ2) is 7.05. The molecule has 1 saturated heterocycles. The van der Waals surface area contributed by atoms with E-state index in [1.807, 2.05) is 4.90 Å². The van der Waals surface area contributed by atoms with Crippen molar-refractivity contribution in [1.82, 2.24) is 5.32 Å². The molecule has 0 spiro atoms. The third-order valence-electron chi connectivity index (χ3n) is 4.78. The normalized spacial score (nSPS) is 21.1. The van der Waals surface area contributed by atoms with Crippen molar-refractivity contribution in [3.8, 4) is 0 Å². The fourth-order valence-electron chi connectivity index (χ4n) is 3.45. The highest BCUT2D eigenvalue weighted by atomic mass is 19.4. The predicted molar refractivity (Wildman–Crippen MR) is 90.9 cm³/mol. The third-order valence-corrected chi connectivity index (χ3v) is 4.78. The maximum atomic E-state index is 13.1. The lowest BCUT2D eigenvalue weighted by Gasteiger charge is -2.27. The van der Waals surface area contributed by atoms with E-state index in [2.05, 4.69) is 5.32 Å². The number of hydrogen-bond donors (Lipinski definition) is 1. The second-order valence-electron chi connectivity index (χ2n) is 6.59. The van der Waals surface area contributed by atoms with Crippen LogP contribution < -0.4 is 10.2 Å². The first-order valence-electron chi connectivity index (χ1n) is 8.80. The van der Waals surface area contributed by atoms with Crippen LogP contribution in [0.5, 0.6) is 0 Å². The number of furan rings is 1. The van der Waals surface area contributed by atoms with Crippen molar-refractivity contribution in [2.75, 3.05) is 44.4 Å². The topological polar surface area (TPSA) is 63.9 Å². The lowest BCUT2D eigenvalue weighted by molar-refractivity contribution is -0.137. The third kappa shape index (κ3) is 3.61. The molecular weight excluding hydrogens is 365 g/mol. The van der Waals surface area contributed by atoms with Gasteiger partial charge in [-0.1, -0.05) is 0 Å². The van der Waals surface area contributed by atoms with Crippen LogP contribution in [0.4, 0.5) is 18.9 Å². The average Bonchev–Trinajstić information content (AvgIpc) is 2.96. The van der Waals surface area contributed by atoms with Crippen LogP contribution in [0.3, 0.4) is 0 Å². The maximum absolute atomic E-state index is 13.1. The number of halogens is 3. The zero-order valence-electron chi connectivity index (χ0n) is 14.5. The summed E-state index contributed by atoms with van der Waals surface area (Å²) >= 11 is 0. The molecule has 4 rings (SSSR count). The molecule has 2 aliphatic rings. The number of alkyl halides is 3. The van der Waals surface area contributed by atoms with Crippen LogP contribution in [-0.4, -0.2) is 51.5 Å². The Balaban J connectivity index is 1.70. The summed E-state index contributed by atoms with van der Waals surface area (Å²) in [5.41, 5.74) is -0.109. The molecule has 0 radical (unpaired) electrons. The molecule has 1 atom stereocenters. The number of carbonyl (C=O) groups is 1. The number of anilines is 1. The number of amides is 1. The van der Waals surface area contributed by atoms with Gasteiger partial charge in [-0.05, 0) is 24.6 Å². The highest BCUT2D eigenvalue weighted by Crippen LogP contribution is 2.39. The molecule has 3 heterocycles. The fourth-order valence-corrected chi connectivity index (χ4v) is 3.45. The van der Waals surface area contributed by atoms with Crippen LogP contribution in [-0.2, 0) is 15.7 Å². The lowest BCUT2D eigenvalue weighted by Crippen LogP contribution is -2.35. The van der Waals surface area contributed by atoms with Crippen LogP contribution in [0, 0.1) is 0 Å². The van der Waals surface area contributed by atoms with Gasteiger partial charge in [0.25, 0.3) is 5.91 Å². The Morgan fingerprint density at radius 3 is 2.85 bits per heavy atom. The summed E-state index contributed by atoms with van der Waals surface area (Å²) < 4.78 is 56.1. The molecule has 1 fully saturated rings. The Morgan fingerprint density at radius 2 is 2.11 bits per heavy atom. The van der Waals surface area contributed by atoms with Gasteiger partial charge in [-0.2, -0.15) is 13.2 Å². The van der Waals surface area contributed by atoms with Crippen LogP contribution >= 0.6 is 0 Å². The maximum Gasteiger partial charge on any atom is 0.416 e. The number of fused-ring (bicyclic) bond motifs is 3. The van der Waals surface area contributed by atoms with E-state index < -0.39 is 17.6 Å². The van der Waals surface area contributed by atoms with Crippen LogP contribution in [0.2, 0.25) is 0 Å². The summed E-state index contributed by atoms with van der Waals surface area (Å²) in [5.74, 6) is -0.378. The molecule has 2 aromatic rings. The van der Waals surface area contributed by atoms with Crippen molar-refractivity contribution in [2.45, 2.75) is 18.7 Å². The number of ether oxygens (including phenoxy) is 2. The average molecular weight is 384 g/mol. The first kappa shape index (κ1) is 18.1. The molecule has 1 N–H and O–H groups in total. The summed E-state index contributed by atoms with van der Waals surface area (Å²) in [6.45, 7) is 2.95. The largest absolute Gasteiger partial charge is 0.449 e. The Labute approximate surface area is 153 Å². The molecule has 0 aliphatic carbocycles. The number of benzene rings is 1. The summed E-state index contributed by atoms with van der Waals surface area (Å²) in [5, 5.41) is 3.01. The van der Waals surface area contributed by atoms with Gasteiger partial charge in [-0.3, -0.25) is 4.79 Å². The van der Waals surface area contributed by atoms with Gasteiger partial charge in [0.15, 0.2) is 0 Å². The van der Waals surface area contributed by atoms with Crippen molar-refractivity contribution >= 4 is 22.6 Å². The monoisotopic (exact) mass is 384 g/mol. The highest BCUT2D eigenvalue weighted by molar-refractivity contribution is 6.07. The van der Waals surface area contributed by atoms with E-state index in [0.29, 0.717) is 51.6 Å². The standard InChI is InChI=1S/C18H19F3N2O4/c19-18(20,21)11-1-2-14-13(9-11)15-16(27-14)17(24)22-4-6-23(15)5-3-12-10-25-7-8-26-12/h1-2,9,12H,3-8,10H2,(H,22,24)/t12-/m1/s1. The number of carbonyl (C=O) groups excluding carboxylic acids is 1. The Kier molecular flexibility index (Phi) is 4.73. The summed E-state index contributed by atoms with van der Waals surface area (Å²) in [6.07, 6.45) is -3.90. The van der Waals surface area contributed by atoms with Crippen LogP contribution in [0.1, 0.15) is 22.5 Å². The Bertz CT molecular complexity index is 843. The van der Waals surface area contributed by atoms with E-state index in [0.717, 1.165) is 12.1 Å². The van der Waals surface area contributed by atoms with Crippen molar-refractivity contribution in [3.05, 3.63) is 29.5 Å². The molecule has 0 saturated carbocycles. The molecule has 1 aromatic carbocycles. The van der Waals surface area contributed by atoms with E-state index in [9.17, 15) is 18.0 Å². The molecular formula is C18H19F3N2O4. The van der Waals surface area contributed by atoms with Gasteiger partial charge in [-0.25, -0.2) is 0 Å². The quantitative estimate of drug-likeness (QED) is 0.882. The number of nitrogens with one attached hydrogen (secondary N) is 1. The van der Waals surface area contributed by atoms with Crippen molar-refractivity contribution in [3.63, 3.8) is 0 Å². The van der Waals surface area contributed by atoms with Gasteiger partial charge >= 0.3 is 6.18 Å². The fraction of sp³-hybridized carbons (Fsp3) is 0.500. The van der Waals surface area contributed by atoms with E-state index in [-0.39, 0.29) is 22.8 Å². The zero-order chi connectivity index (χ0) is 19.0. The first-order valence-corrected chi connectivity index (χ1v) is 8.80. The van der Waals surface area contributed by atoms with Crippen molar-refractivity contribution in [2.24, 2.45) is 0 Å². The van der Waals surface area contributed by atoms with E-state index >= 15 is 0 Å². The van der Waals surface area contributed by atoms with Gasteiger partial charge in [0, 0.05) is 25.0 Å². The molecule has 1 aromatic heterocycles. The highest BCUT2D eigenvalue weighted by Gasteiger charge is 2.33. The minimum atomic E-state index is -4.47. The zero-order valence-corrected chi connectivity index (χ0v) is 14.5. The predicted octanol–water partition coefficient (Wildman–Crippen LogP) is 2.81. The second-order valence-corrected chi connectivity index (χ2v) is 6.59. The lowest BCUT2D eigenvalue weighted by atomic mass is 10.1. The van der Waals surface area contributed by atoms with Crippen molar-refractivity contribution < 1.29 is 31.9 Å². The minimum Gasteiger partial charge on any atom is -0.449 e. The molecule has 2 aliphatic heterocycles. The molecule has 0 unspecified atom stereocenters. The molecule has 6 nitrogen and oxygen atoms in total. The number of hydrogen-bond acceptors (Lipinski definition) is 5. The SMILES string of the molecule is O=C1NCCN(CC[C@@H]2COCCO2)c2c1oc1ccc(C(F)(F)F)cc21. The molecule has 9 heteroatoms. The summed E-state index contributed by atoms with van der Waals surface area (Å²) in [4.78, 5) is 14.2. The van der Waals surface area contributed by atoms with E-state index in [1.54, 1.807) is 0 Å². The van der Waals surface area contributed by atoms with E-state index in [4.69, 9.17) is 13.9 Å². The van der Waals surface area contributed by atoms with Gasteiger partial charge in [0.05, 0.1) is 37.2 Å². The Hall–Kier alpha value is -2.26. The van der Waals surface area contributed by atoms with Crippen molar-refractivity contribution in [1.29, 1.82) is 0 Å².